The van der Waals surface area contributed by atoms with Gasteiger partial charge < -0.3 is 19.8 Å². The largest absolute Gasteiger partial charge is 0.497 e. The number of hydrogen-bond acceptors (Lipinski definition) is 7. The monoisotopic (exact) mass is 531 g/mol. The van der Waals surface area contributed by atoms with E-state index in [2.05, 4.69) is 14.9 Å². The third-order valence-corrected chi connectivity index (χ3v) is 8.53. The quantitative estimate of drug-likeness (QED) is 0.287. The van der Waals surface area contributed by atoms with Crippen molar-refractivity contribution in [3.63, 3.8) is 0 Å². The molecule has 1 aliphatic heterocycles. The molecule has 7 nitrogen and oxygen atoms in total. The molecule has 194 valence electrons. The number of aryl methyl sites for hydroxylation is 1. The highest BCUT2D eigenvalue weighted by molar-refractivity contribution is 7.09. The first-order valence-electron chi connectivity index (χ1n) is 12.5. The number of likely N-dealkylation sites (tertiary alicyclic amines) is 1. The van der Waals surface area contributed by atoms with Gasteiger partial charge in [0.1, 0.15) is 5.75 Å². The van der Waals surface area contributed by atoms with Crippen LogP contribution in [0.25, 0.3) is 10.9 Å². The summed E-state index contributed by atoms with van der Waals surface area (Å²) in [6, 6.07) is 5.51. The van der Waals surface area contributed by atoms with Gasteiger partial charge in [-0.1, -0.05) is 11.6 Å². The van der Waals surface area contributed by atoms with Crippen LogP contribution in [0, 0.1) is 5.41 Å². The van der Waals surface area contributed by atoms with Crippen molar-refractivity contribution in [3.05, 3.63) is 51.6 Å². The van der Waals surface area contributed by atoms with Crippen molar-refractivity contribution in [3.8, 4) is 5.75 Å². The Labute approximate surface area is 221 Å². The van der Waals surface area contributed by atoms with E-state index in [-0.39, 0.29) is 11.8 Å². The molecule has 1 aromatic carbocycles. The van der Waals surface area contributed by atoms with E-state index >= 15 is 0 Å². The van der Waals surface area contributed by atoms with Gasteiger partial charge in [0.2, 0.25) is 0 Å². The van der Waals surface area contributed by atoms with Crippen molar-refractivity contribution in [2.45, 2.75) is 57.5 Å². The number of aliphatic hydroxyl groups excluding tert-OH is 1. The van der Waals surface area contributed by atoms with Crippen molar-refractivity contribution >= 4 is 39.8 Å². The van der Waals surface area contributed by atoms with Crippen LogP contribution in [0.3, 0.4) is 0 Å². The van der Waals surface area contributed by atoms with Gasteiger partial charge in [0.25, 0.3) is 0 Å². The van der Waals surface area contributed by atoms with Gasteiger partial charge in [-0.2, -0.15) is 0 Å². The molecule has 0 radical (unpaired) electrons. The standard InChI is InChI=1S/C27H34ClN3O4S/c1-35-19-5-6-22-20(16-19)26(21(28)18-30-22)23(32)7-8-27(17-25(33)34)9-13-31(14-10-27)12-3-2-4-24-29-11-15-36-24/h5-6,11,15-16,18,23,32H,2-4,7-10,12-14,17H2,1H3,(H,33,34)/t23-/m0/s1. The number of benzene rings is 1. The predicted octanol–water partition coefficient (Wildman–Crippen LogP) is 5.75. The maximum atomic E-state index is 11.8. The number of fused-ring (bicyclic) bond motifs is 1. The number of halogens is 1. The zero-order valence-electron chi connectivity index (χ0n) is 20.7. The van der Waals surface area contributed by atoms with Crippen LogP contribution < -0.4 is 4.74 Å². The zero-order valence-corrected chi connectivity index (χ0v) is 22.2. The molecule has 0 saturated carbocycles. The third kappa shape index (κ3) is 6.73. The molecule has 1 fully saturated rings. The number of carboxylic acids is 1. The van der Waals surface area contributed by atoms with Crippen LogP contribution in [-0.4, -0.2) is 57.8 Å². The van der Waals surface area contributed by atoms with Gasteiger partial charge in [-0.25, -0.2) is 4.98 Å². The molecular weight excluding hydrogens is 498 g/mol. The maximum absolute atomic E-state index is 11.8. The van der Waals surface area contributed by atoms with E-state index in [0.717, 1.165) is 62.6 Å². The number of thiazole rings is 1. The van der Waals surface area contributed by atoms with Gasteiger partial charge in [-0.15, -0.1) is 11.3 Å². The normalized spacial score (nSPS) is 16.8. The summed E-state index contributed by atoms with van der Waals surface area (Å²) in [5.74, 6) is -0.111. The lowest BCUT2D eigenvalue weighted by atomic mass is 9.71. The zero-order chi connectivity index (χ0) is 25.5. The summed E-state index contributed by atoms with van der Waals surface area (Å²) in [5.41, 5.74) is 1.04. The molecule has 36 heavy (non-hydrogen) atoms. The molecule has 1 aliphatic rings. The van der Waals surface area contributed by atoms with E-state index in [4.69, 9.17) is 16.3 Å². The van der Waals surface area contributed by atoms with Crippen molar-refractivity contribution in [2.24, 2.45) is 5.41 Å². The highest BCUT2D eigenvalue weighted by atomic mass is 35.5. The molecule has 0 spiro atoms. The molecule has 0 unspecified atom stereocenters. The summed E-state index contributed by atoms with van der Waals surface area (Å²) in [6.45, 7) is 2.80. The fourth-order valence-electron chi connectivity index (χ4n) is 5.30. The number of aliphatic carboxylic acids is 1. The molecule has 0 bridgehead atoms. The average molecular weight is 532 g/mol. The van der Waals surface area contributed by atoms with Crippen LogP contribution in [0.1, 0.15) is 61.6 Å². The Kier molecular flexibility index (Phi) is 9.17. The second kappa shape index (κ2) is 12.3. The van der Waals surface area contributed by atoms with E-state index < -0.39 is 12.1 Å². The first-order chi connectivity index (χ1) is 17.4. The fourth-order valence-corrected chi connectivity index (χ4v) is 6.24. The van der Waals surface area contributed by atoms with Crippen molar-refractivity contribution in [1.29, 1.82) is 0 Å². The molecule has 2 aromatic heterocycles. The topological polar surface area (TPSA) is 95.8 Å². The van der Waals surface area contributed by atoms with E-state index in [1.165, 1.54) is 5.01 Å². The molecule has 0 amide bonds. The van der Waals surface area contributed by atoms with Crippen LogP contribution in [-0.2, 0) is 11.2 Å². The molecule has 9 heteroatoms. The average Bonchev–Trinajstić information content (AvgIpc) is 3.39. The number of aromatic nitrogens is 2. The van der Waals surface area contributed by atoms with E-state index in [0.29, 0.717) is 29.2 Å². The van der Waals surface area contributed by atoms with Gasteiger partial charge >= 0.3 is 5.97 Å². The van der Waals surface area contributed by atoms with Crippen LogP contribution in [0.2, 0.25) is 5.02 Å². The minimum atomic E-state index is -0.815. The fraction of sp³-hybridized carbons (Fsp3) is 0.519. The Morgan fingerprint density at radius 1 is 1.28 bits per heavy atom. The summed E-state index contributed by atoms with van der Waals surface area (Å²) < 4.78 is 5.35. The van der Waals surface area contributed by atoms with Gasteiger partial charge in [-0.05, 0) is 88.2 Å². The van der Waals surface area contributed by atoms with Crippen molar-refractivity contribution in [1.82, 2.24) is 14.9 Å². The maximum Gasteiger partial charge on any atom is 0.303 e. The molecule has 1 atom stereocenters. The molecule has 2 N–H and O–H groups in total. The Morgan fingerprint density at radius 2 is 2.08 bits per heavy atom. The number of hydrogen-bond donors (Lipinski definition) is 2. The second-order valence-corrected chi connectivity index (χ2v) is 11.1. The molecule has 3 aromatic rings. The highest BCUT2D eigenvalue weighted by Gasteiger charge is 2.37. The number of aliphatic hydroxyl groups is 1. The number of nitrogens with zero attached hydrogens (tertiary/aromatic N) is 3. The number of carboxylic acid groups (broad SMARTS) is 1. The van der Waals surface area contributed by atoms with Crippen LogP contribution in [0.5, 0.6) is 5.75 Å². The van der Waals surface area contributed by atoms with Gasteiger partial charge in [-0.3, -0.25) is 9.78 Å². The summed E-state index contributed by atoms with van der Waals surface area (Å²) in [7, 11) is 1.60. The second-order valence-electron chi connectivity index (χ2n) is 9.75. The Hall–Kier alpha value is -2.26. The number of methoxy groups -OCH3 is 1. The lowest BCUT2D eigenvalue weighted by molar-refractivity contribution is -0.141. The number of ether oxygens (including phenoxy) is 1. The first kappa shape index (κ1) is 26.8. The third-order valence-electron chi connectivity index (χ3n) is 7.39. The Bertz CT molecular complexity index is 1150. The van der Waals surface area contributed by atoms with Gasteiger partial charge in [0, 0.05) is 28.7 Å². The van der Waals surface area contributed by atoms with E-state index in [1.54, 1.807) is 24.6 Å². The van der Waals surface area contributed by atoms with Crippen LogP contribution in [0.4, 0.5) is 0 Å². The van der Waals surface area contributed by atoms with Crippen LogP contribution in [0.15, 0.2) is 36.0 Å². The number of carbonyl (C=O) groups is 1. The molecule has 3 heterocycles. The lowest BCUT2D eigenvalue weighted by Gasteiger charge is -2.41. The van der Waals surface area contributed by atoms with Crippen LogP contribution >= 0.6 is 22.9 Å². The number of unbranched alkanes of at least 4 members (excludes halogenated alkanes) is 1. The predicted molar refractivity (Wildman–Crippen MR) is 143 cm³/mol. The highest BCUT2D eigenvalue weighted by Crippen LogP contribution is 2.43. The number of pyridine rings is 1. The Morgan fingerprint density at radius 3 is 2.78 bits per heavy atom. The number of piperidine rings is 1. The summed E-state index contributed by atoms with van der Waals surface area (Å²) in [4.78, 5) is 22.9. The molecule has 4 rings (SSSR count). The first-order valence-corrected chi connectivity index (χ1v) is 13.8. The summed E-state index contributed by atoms with van der Waals surface area (Å²) >= 11 is 8.18. The van der Waals surface area contributed by atoms with E-state index in [9.17, 15) is 15.0 Å². The van der Waals surface area contributed by atoms with E-state index in [1.807, 2.05) is 29.8 Å². The molecule has 1 saturated heterocycles. The van der Waals surface area contributed by atoms with Gasteiger partial charge in [0.15, 0.2) is 0 Å². The van der Waals surface area contributed by atoms with Gasteiger partial charge in [0.05, 0.1) is 35.2 Å². The minimum Gasteiger partial charge on any atom is -0.497 e. The van der Waals surface area contributed by atoms with Crippen molar-refractivity contribution in [2.75, 3.05) is 26.7 Å². The summed E-state index contributed by atoms with van der Waals surface area (Å²) in [6.07, 6.45) is 8.67. The smallest absolute Gasteiger partial charge is 0.303 e. The van der Waals surface area contributed by atoms with Crippen molar-refractivity contribution < 1.29 is 19.7 Å². The number of rotatable bonds is 12. The lowest BCUT2D eigenvalue weighted by Crippen LogP contribution is -2.41. The SMILES string of the molecule is COc1ccc2ncc(Cl)c([C@@H](O)CCC3(CC(=O)O)CCN(CCCCc4nccs4)CC3)c2c1. The summed E-state index contributed by atoms with van der Waals surface area (Å²) in [5, 5.41) is 25.2. The molecular formula is C27H34ClN3O4S. The minimum absolute atomic E-state index is 0.121. The Balaban J connectivity index is 1.37. The molecule has 0 aliphatic carbocycles.